The molecule has 0 unspecified atom stereocenters. The zero-order chi connectivity index (χ0) is 18.5. The van der Waals surface area contributed by atoms with Gasteiger partial charge in [0.25, 0.3) is 0 Å². The number of rotatable bonds is 3. The van der Waals surface area contributed by atoms with Crippen LogP contribution in [0.1, 0.15) is 36.2 Å². The minimum Gasteiger partial charge on any atom is -0.311 e. The van der Waals surface area contributed by atoms with Gasteiger partial charge in [0.05, 0.1) is 11.7 Å². The lowest BCUT2D eigenvalue weighted by Gasteiger charge is -2.26. The maximum atomic E-state index is 13.6. The lowest BCUT2D eigenvalue weighted by Crippen LogP contribution is -2.33. The Kier molecular flexibility index (Phi) is 4.71. The van der Waals surface area contributed by atoms with Crippen molar-refractivity contribution in [2.45, 2.75) is 37.1 Å². The normalized spacial score (nSPS) is 20.5. The summed E-state index contributed by atoms with van der Waals surface area (Å²) in [6, 6.07) is 7.38. The molecule has 0 saturated carbocycles. The highest BCUT2D eigenvalue weighted by molar-refractivity contribution is 9.10. The SMILES string of the molecule is CC(=O)N1CCc2cc(Br)cc(S(=O)(=O)N3CCC[C@H]3c3cccs3)c21. The lowest BCUT2D eigenvalue weighted by atomic mass is 10.2. The van der Waals surface area contributed by atoms with Gasteiger partial charge >= 0.3 is 0 Å². The molecule has 1 aromatic carbocycles. The molecule has 0 N–H and O–H groups in total. The summed E-state index contributed by atoms with van der Waals surface area (Å²) >= 11 is 5.03. The van der Waals surface area contributed by atoms with Gasteiger partial charge in [-0.3, -0.25) is 4.79 Å². The first-order chi connectivity index (χ1) is 12.4. The second-order valence-electron chi connectivity index (χ2n) is 6.62. The largest absolute Gasteiger partial charge is 0.311 e. The summed E-state index contributed by atoms with van der Waals surface area (Å²) in [5.41, 5.74) is 1.46. The number of fused-ring (bicyclic) bond motifs is 1. The highest BCUT2D eigenvalue weighted by atomic mass is 79.9. The molecule has 1 atom stereocenters. The van der Waals surface area contributed by atoms with Crippen molar-refractivity contribution >= 4 is 48.9 Å². The zero-order valence-corrected chi connectivity index (χ0v) is 17.5. The molecule has 1 amide bonds. The van der Waals surface area contributed by atoms with Crippen molar-refractivity contribution in [3.63, 3.8) is 0 Å². The molecule has 26 heavy (non-hydrogen) atoms. The number of anilines is 1. The van der Waals surface area contributed by atoms with Crippen LogP contribution < -0.4 is 4.90 Å². The number of halogens is 1. The average molecular weight is 455 g/mol. The quantitative estimate of drug-likeness (QED) is 0.705. The van der Waals surface area contributed by atoms with Gasteiger partial charge < -0.3 is 4.90 Å². The highest BCUT2D eigenvalue weighted by Gasteiger charge is 2.40. The summed E-state index contributed by atoms with van der Waals surface area (Å²) in [5, 5.41) is 1.98. The van der Waals surface area contributed by atoms with Crippen LogP contribution >= 0.6 is 27.3 Å². The van der Waals surface area contributed by atoms with Crippen LogP contribution in [0.5, 0.6) is 0 Å². The van der Waals surface area contributed by atoms with Gasteiger partial charge in [-0.2, -0.15) is 4.31 Å². The Morgan fingerprint density at radius 2 is 2.12 bits per heavy atom. The van der Waals surface area contributed by atoms with Crippen LogP contribution in [-0.4, -0.2) is 31.7 Å². The van der Waals surface area contributed by atoms with E-state index in [0.29, 0.717) is 25.2 Å². The van der Waals surface area contributed by atoms with Crippen LogP contribution in [-0.2, 0) is 21.2 Å². The van der Waals surface area contributed by atoms with Crippen LogP contribution in [0.4, 0.5) is 5.69 Å². The van der Waals surface area contributed by atoms with E-state index in [0.717, 1.165) is 27.8 Å². The minimum atomic E-state index is -3.71. The number of hydrogen-bond acceptors (Lipinski definition) is 4. The van der Waals surface area contributed by atoms with E-state index in [9.17, 15) is 13.2 Å². The smallest absolute Gasteiger partial charge is 0.245 e. The molecule has 2 aromatic rings. The fraction of sp³-hybridized carbons (Fsp3) is 0.389. The summed E-state index contributed by atoms with van der Waals surface area (Å²) < 4.78 is 29.5. The van der Waals surface area contributed by atoms with E-state index in [4.69, 9.17) is 0 Å². The van der Waals surface area contributed by atoms with E-state index >= 15 is 0 Å². The topological polar surface area (TPSA) is 57.7 Å². The van der Waals surface area contributed by atoms with Crippen LogP contribution in [0.2, 0.25) is 0 Å². The number of hydrogen-bond donors (Lipinski definition) is 0. The van der Waals surface area contributed by atoms with Gasteiger partial charge in [0, 0.05) is 29.4 Å². The first-order valence-electron chi connectivity index (χ1n) is 8.55. The molecular weight excluding hydrogens is 436 g/mol. The van der Waals surface area contributed by atoms with E-state index < -0.39 is 10.0 Å². The van der Waals surface area contributed by atoms with Gasteiger partial charge in [-0.05, 0) is 48.4 Å². The van der Waals surface area contributed by atoms with E-state index in [-0.39, 0.29) is 16.8 Å². The summed E-state index contributed by atoms with van der Waals surface area (Å²) in [5.74, 6) is -0.126. The monoisotopic (exact) mass is 454 g/mol. The molecular formula is C18H19BrN2O3S2. The van der Waals surface area contributed by atoms with Crippen molar-refractivity contribution < 1.29 is 13.2 Å². The van der Waals surface area contributed by atoms with Crippen molar-refractivity contribution in [1.82, 2.24) is 4.31 Å². The van der Waals surface area contributed by atoms with Crippen LogP contribution in [0.15, 0.2) is 39.0 Å². The maximum Gasteiger partial charge on any atom is 0.245 e. The second-order valence-corrected chi connectivity index (χ2v) is 10.4. The number of nitrogens with zero attached hydrogens (tertiary/aromatic N) is 2. The number of benzene rings is 1. The molecule has 0 bridgehead atoms. The molecule has 0 radical (unpaired) electrons. The predicted octanol–water partition coefficient (Wildman–Crippen LogP) is 3.95. The fourth-order valence-electron chi connectivity index (χ4n) is 3.90. The molecule has 5 nitrogen and oxygen atoms in total. The van der Waals surface area contributed by atoms with Crippen LogP contribution in [0.3, 0.4) is 0 Å². The Labute approximate surface area is 165 Å². The predicted molar refractivity (Wildman–Crippen MR) is 106 cm³/mol. The number of carbonyl (C=O) groups excluding carboxylic acids is 1. The zero-order valence-electron chi connectivity index (χ0n) is 14.3. The van der Waals surface area contributed by atoms with Gasteiger partial charge in [0.2, 0.25) is 15.9 Å². The molecule has 4 rings (SSSR count). The van der Waals surface area contributed by atoms with Crippen molar-refractivity contribution in [3.05, 3.63) is 44.6 Å². The van der Waals surface area contributed by atoms with E-state index in [1.165, 1.54) is 6.92 Å². The first kappa shape index (κ1) is 18.2. The molecule has 2 aliphatic rings. The van der Waals surface area contributed by atoms with Crippen molar-refractivity contribution in [2.24, 2.45) is 0 Å². The Balaban J connectivity index is 1.83. The van der Waals surface area contributed by atoms with Gasteiger partial charge in [-0.25, -0.2) is 8.42 Å². The number of sulfonamides is 1. The van der Waals surface area contributed by atoms with Crippen molar-refractivity contribution in [2.75, 3.05) is 18.0 Å². The standard InChI is InChI=1S/C18H19BrN2O3S2/c1-12(22)20-8-6-13-10-14(19)11-17(18(13)20)26(23,24)21-7-2-4-15(21)16-5-3-9-25-16/h3,5,9-11,15H,2,4,6-8H2,1H3/t15-/m0/s1. The third-order valence-corrected chi connectivity index (χ3v) is 8.39. The number of carbonyl (C=O) groups is 1. The second kappa shape index (κ2) is 6.74. The molecule has 1 fully saturated rings. The summed E-state index contributed by atoms with van der Waals surface area (Å²) in [6.07, 6.45) is 2.34. The number of thiophene rings is 1. The molecule has 1 aromatic heterocycles. The first-order valence-corrected chi connectivity index (χ1v) is 11.7. The Morgan fingerprint density at radius 3 is 2.81 bits per heavy atom. The average Bonchev–Trinajstić information content (AvgIpc) is 3.32. The fourth-order valence-corrected chi connectivity index (χ4v) is 7.43. The Morgan fingerprint density at radius 1 is 1.31 bits per heavy atom. The molecule has 8 heteroatoms. The lowest BCUT2D eigenvalue weighted by molar-refractivity contribution is -0.116. The third kappa shape index (κ3) is 2.93. The molecule has 0 aliphatic carbocycles. The molecule has 1 saturated heterocycles. The van der Waals surface area contributed by atoms with Gasteiger partial charge in [0.1, 0.15) is 4.90 Å². The van der Waals surface area contributed by atoms with E-state index in [2.05, 4.69) is 15.9 Å². The van der Waals surface area contributed by atoms with Gasteiger partial charge in [-0.15, -0.1) is 11.3 Å². The van der Waals surface area contributed by atoms with Crippen LogP contribution in [0.25, 0.3) is 0 Å². The van der Waals surface area contributed by atoms with Crippen molar-refractivity contribution in [1.29, 1.82) is 0 Å². The molecule has 2 aliphatic heterocycles. The van der Waals surface area contributed by atoms with Gasteiger partial charge in [0.15, 0.2) is 0 Å². The van der Waals surface area contributed by atoms with Gasteiger partial charge in [-0.1, -0.05) is 22.0 Å². The van der Waals surface area contributed by atoms with Crippen LogP contribution in [0, 0.1) is 0 Å². The molecule has 138 valence electrons. The van der Waals surface area contributed by atoms with E-state index in [1.807, 2.05) is 23.6 Å². The molecule has 3 heterocycles. The minimum absolute atomic E-state index is 0.123. The maximum absolute atomic E-state index is 13.6. The third-order valence-electron chi connectivity index (χ3n) is 5.04. The Bertz CT molecular complexity index is 957. The Hall–Kier alpha value is -1.22. The summed E-state index contributed by atoms with van der Waals surface area (Å²) in [7, 11) is -3.71. The van der Waals surface area contributed by atoms with Crippen molar-refractivity contribution in [3.8, 4) is 0 Å². The highest BCUT2D eigenvalue weighted by Crippen LogP contribution is 2.43. The summed E-state index contributed by atoms with van der Waals surface area (Å²) in [6.45, 7) is 2.52. The molecule has 0 spiro atoms. The summed E-state index contributed by atoms with van der Waals surface area (Å²) in [4.78, 5) is 14.9. The van der Waals surface area contributed by atoms with E-state index in [1.54, 1.807) is 26.6 Å². The number of amides is 1.